The van der Waals surface area contributed by atoms with Crippen LogP contribution in [0.3, 0.4) is 0 Å². The van der Waals surface area contributed by atoms with Crippen molar-refractivity contribution in [2.45, 2.75) is 4.90 Å². The molecule has 0 amide bonds. The maximum atomic E-state index is 10.8. The van der Waals surface area contributed by atoms with Crippen LogP contribution in [-0.2, 0) is 4.74 Å². The summed E-state index contributed by atoms with van der Waals surface area (Å²) < 4.78 is 4.87. The highest BCUT2D eigenvalue weighted by Crippen LogP contribution is 2.33. The van der Waals surface area contributed by atoms with Crippen molar-refractivity contribution in [3.63, 3.8) is 0 Å². The first-order valence-corrected chi connectivity index (χ1v) is 5.30. The average Bonchev–Trinajstić information content (AvgIpc) is 2.17. The lowest BCUT2D eigenvalue weighted by Crippen LogP contribution is -1.98. The second-order valence-electron chi connectivity index (χ2n) is 2.79. The molecule has 0 bridgehead atoms. The fourth-order valence-corrected chi connectivity index (χ4v) is 2.06. The molecule has 15 heavy (non-hydrogen) atoms. The standard InChI is InChI=1S/C9H12N2O3S/c1-14-5-6-15-8-4-2-3-7(10)9(8)11(12)13/h2-4H,5-6,10H2,1H3. The number of hydrogen-bond acceptors (Lipinski definition) is 5. The SMILES string of the molecule is COCCSc1cccc(N)c1[N+](=O)[O-]. The Balaban J connectivity index is 2.86. The van der Waals surface area contributed by atoms with Gasteiger partial charge in [-0.25, -0.2) is 0 Å². The van der Waals surface area contributed by atoms with E-state index in [-0.39, 0.29) is 11.4 Å². The van der Waals surface area contributed by atoms with Crippen LogP contribution in [0.2, 0.25) is 0 Å². The molecule has 0 fully saturated rings. The third-order valence-corrected chi connectivity index (χ3v) is 2.77. The van der Waals surface area contributed by atoms with Gasteiger partial charge in [0.1, 0.15) is 5.69 Å². The molecule has 0 radical (unpaired) electrons. The molecule has 0 saturated heterocycles. The summed E-state index contributed by atoms with van der Waals surface area (Å²) in [5.74, 6) is 0.667. The van der Waals surface area contributed by atoms with Crippen molar-refractivity contribution in [3.05, 3.63) is 28.3 Å². The lowest BCUT2D eigenvalue weighted by atomic mass is 10.3. The van der Waals surface area contributed by atoms with Crippen LogP contribution in [0.25, 0.3) is 0 Å². The molecule has 6 heteroatoms. The van der Waals surface area contributed by atoms with E-state index >= 15 is 0 Å². The van der Waals surface area contributed by atoms with Gasteiger partial charge >= 0.3 is 5.69 Å². The van der Waals surface area contributed by atoms with Crippen LogP contribution in [0.5, 0.6) is 0 Å². The summed E-state index contributed by atoms with van der Waals surface area (Å²) in [4.78, 5) is 10.9. The predicted molar refractivity (Wildman–Crippen MR) is 60.1 cm³/mol. The number of para-hydroxylation sites is 1. The monoisotopic (exact) mass is 228 g/mol. The average molecular weight is 228 g/mol. The molecule has 0 heterocycles. The zero-order valence-electron chi connectivity index (χ0n) is 8.30. The highest BCUT2D eigenvalue weighted by atomic mass is 32.2. The van der Waals surface area contributed by atoms with E-state index in [1.54, 1.807) is 19.2 Å². The van der Waals surface area contributed by atoms with E-state index in [2.05, 4.69) is 0 Å². The molecule has 1 aromatic carbocycles. The molecule has 0 atom stereocenters. The highest BCUT2D eigenvalue weighted by Gasteiger charge is 2.17. The van der Waals surface area contributed by atoms with Gasteiger partial charge in [0.05, 0.1) is 16.4 Å². The number of rotatable bonds is 5. The lowest BCUT2D eigenvalue weighted by molar-refractivity contribution is -0.386. The van der Waals surface area contributed by atoms with Crippen LogP contribution < -0.4 is 5.73 Å². The number of hydrogen-bond donors (Lipinski definition) is 1. The van der Waals surface area contributed by atoms with Crippen molar-refractivity contribution in [1.29, 1.82) is 0 Å². The van der Waals surface area contributed by atoms with Gasteiger partial charge in [0.25, 0.3) is 0 Å². The Morgan fingerprint density at radius 1 is 1.60 bits per heavy atom. The fraction of sp³-hybridized carbons (Fsp3) is 0.333. The van der Waals surface area contributed by atoms with Crippen LogP contribution >= 0.6 is 11.8 Å². The summed E-state index contributed by atoms with van der Waals surface area (Å²) in [5, 5.41) is 10.8. The van der Waals surface area contributed by atoms with Crippen LogP contribution in [0.4, 0.5) is 11.4 Å². The van der Waals surface area contributed by atoms with Crippen molar-refractivity contribution < 1.29 is 9.66 Å². The molecule has 2 N–H and O–H groups in total. The van der Waals surface area contributed by atoms with Crippen molar-refractivity contribution in [2.24, 2.45) is 0 Å². The molecule has 0 saturated carbocycles. The largest absolute Gasteiger partial charge is 0.393 e. The van der Waals surface area contributed by atoms with Gasteiger partial charge in [0, 0.05) is 12.9 Å². The Labute approximate surface area is 91.8 Å². The van der Waals surface area contributed by atoms with Gasteiger partial charge < -0.3 is 10.5 Å². The smallest absolute Gasteiger partial charge is 0.305 e. The molecule has 0 aliphatic rings. The van der Waals surface area contributed by atoms with Gasteiger partial charge in [-0.2, -0.15) is 0 Å². The quantitative estimate of drug-likeness (QED) is 0.274. The molecule has 1 aromatic rings. The molecule has 5 nitrogen and oxygen atoms in total. The summed E-state index contributed by atoms with van der Waals surface area (Å²) >= 11 is 1.37. The Morgan fingerprint density at radius 2 is 2.33 bits per heavy atom. The van der Waals surface area contributed by atoms with E-state index in [1.807, 2.05) is 0 Å². The maximum absolute atomic E-state index is 10.8. The molecule has 0 aromatic heterocycles. The summed E-state index contributed by atoms with van der Waals surface area (Å²) in [5.41, 5.74) is 5.72. The van der Waals surface area contributed by atoms with E-state index in [0.29, 0.717) is 17.3 Å². The molecule has 0 aliphatic heterocycles. The van der Waals surface area contributed by atoms with E-state index in [9.17, 15) is 10.1 Å². The second-order valence-corrected chi connectivity index (χ2v) is 3.93. The van der Waals surface area contributed by atoms with Gasteiger partial charge in [-0.15, -0.1) is 11.8 Å². The summed E-state index contributed by atoms with van der Waals surface area (Å²) in [7, 11) is 1.59. The number of ether oxygens (including phenoxy) is 1. The summed E-state index contributed by atoms with van der Waals surface area (Å²) in [6.07, 6.45) is 0. The molecule has 0 spiro atoms. The maximum Gasteiger partial charge on any atom is 0.305 e. The topological polar surface area (TPSA) is 78.4 Å². The molecular formula is C9H12N2O3S. The zero-order valence-corrected chi connectivity index (χ0v) is 9.12. The van der Waals surface area contributed by atoms with Crippen molar-refractivity contribution in [3.8, 4) is 0 Å². The summed E-state index contributed by atoms with van der Waals surface area (Å²) in [6, 6.07) is 4.92. The first kappa shape index (κ1) is 11.8. The lowest BCUT2D eigenvalue weighted by Gasteiger charge is -2.04. The van der Waals surface area contributed by atoms with E-state index in [4.69, 9.17) is 10.5 Å². The number of methoxy groups -OCH3 is 1. The third kappa shape index (κ3) is 3.10. The van der Waals surface area contributed by atoms with E-state index in [0.717, 1.165) is 0 Å². The Kier molecular flexibility index (Phi) is 4.38. The predicted octanol–water partition coefficient (Wildman–Crippen LogP) is 1.92. The Bertz CT molecular complexity index is 357. The Hall–Kier alpha value is -1.27. The van der Waals surface area contributed by atoms with Crippen molar-refractivity contribution in [2.75, 3.05) is 25.2 Å². The second kappa shape index (κ2) is 5.57. The minimum Gasteiger partial charge on any atom is -0.393 e. The number of nitrogen functional groups attached to an aromatic ring is 1. The minimum atomic E-state index is -0.454. The van der Waals surface area contributed by atoms with Crippen LogP contribution in [0, 0.1) is 10.1 Å². The van der Waals surface area contributed by atoms with Gasteiger partial charge in [-0.3, -0.25) is 10.1 Å². The van der Waals surface area contributed by atoms with E-state index in [1.165, 1.54) is 17.8 Å². The van der Waals surface area contributed by atoms with E-state index < -0.39 is 4.92 Å². The molecule has 1 rings (SSSR count). The highest BCUT2D eigenvalue weighted by molar-refractivity contribution is 7.99. The number of nitro groups is 1. The first-order valence-electron chi connectivity index (χ1n) is 4.31. The number of nitro benzene ring substituents is 1. The minimum absolute atomic E-state index is 0.0152. The Morgan fingerprint density at radius 3 is 2.93 bits per heavy atom. The number of anilines is 1. The summed E-state index contributed by atoms with van der Waals surface area (Å²) in [6.45, 7) is 0.552. The normalized spacial score (nSPS) is 10.2. The first-order chi connectivity index (χ1) is 7.16. The van der Waals surface area contributed by atoms with Crippen LogP contribution in [0.15, 0.2) is 23.1 Å². The molecular weight excluding hydrogens is 216 g/mol. The third-order valence-electron chi connectivity index (χ3n) is 1.76. The van der Waals surface area contributed by atoms with Crippen molar-refractivity contribution >= 4 is 23.1 Å². The zero-order chi connectivity index (χ0) is 11.3. The molecule has 0 aliphatic carbocycles. The van der Waals surface area contributed by atoms with Gasteiger partial charge in [0.15, 0.2) is 0 Å². The number of benzene rings is 1. The molecule has 82 valence electrons. The van der Waals surface area contributed by atoms with Crippen LogP contribution in [-0.4, -0.2) is 24.4 Å². The molecule has 0 unspecified atom stereocenters. The van der Waals surface area contributed by atoms with Gasteiger partial charge in [0.2, 0.25) is 0 Å². The van der Waals surface area contributed by atoms with Crippen LogP contribution in [0.1, 0.15) is 0 Å². The number of nitrogens with zero attached hydrogens (tertiary/aromatic N) is 1. The van der Waals surface area contributed by atoms with Gasteiger partial charge in [-0.05, 0) is 12.1 Å². The van der Waals surface area contributed by atoms with Crippen molar-refractivity contribution in [1.82, 2.24) is 0 Å². The fourth-order valence-electron chi connectivity index (χ4n) is 1.09. The number of nitrogens with two attached hydrogens (primary N) is 1. The number of thioether (sulfide) groups is 1. The van der Waals surface area contributed by atoms with Gasteiger partial charge in [-0.1, -0.05) is 6.07 Å².